The van der Waals surface area contributed by atoms with Crippen molar-refractivity contribution < 1.29 is 0 Å². The van der Waals surface area contributed by atoms with E-state index in [9.17, 15) is 0 Å². The van der Waals surface area contributed by atoms with Gasteiger partial charge in [-0.1, -0.05) is 125 Å². The van der Waals surface area contributed by atoms with Crippen molar-refractivity contribution in [3.63, 3.8) is 0 Å². The zero-order valence-electron chi connectivity index (χ0n) is 20.6. The van der Waals surface area contributed by atoms with Gasteiger partial charge in [-0.25, -0.2) is 0 Å². The van der Waals surface area contributed by atoms with E-state index < -0.39 is 0 Å². The van der Waals surface area contributed by atoms with Crippen molar-refractivity contribution >= 4 is 0 Å². The summed E-state index contributed by atoms with van der Waals surface area (Å²) in [4.78, 5) is 0. The predicted octanol–water partition coefficient (Wildman–Crippen LogP) is 8.32. The smallest absolute Gasteiger partial charge is 0.0613 e. The molecule has 0 nitrogen and oxygen atoms in total. The topological polar surface area (TPSA) is 0 Å². The first-order chi connectivity index (χ1) is 16.1. The van der Waals surface area contributed by atoms with Crippen molar-refractivity contribution in [1.82, 2.24) is 0 Å². The maximum atomic E-state index is 2.34. The van der Waals surface area contributed by atoms with Crippen LogP contribution in [0.1, 0.15) is 72.2 Å². The van der Waals surface area contributed by atoms with Gasteiger partial charge in [0.1, 0.15) is 0 Å². The molecule has 0 heterocycles. The number of hydrogen-bond acceptors (Lipinski definition) is 0. The maximum absolute atomic E-state index is 2.34. The standard InChI is InChI=1S/C33H36/c1-5-25-9-17-29(18-10-25)33(30-19-11-26(6-2)12-20-30,31-21-13-27(7-3)14-22-31)32-23-15-28(8-4)16-24-32/h9-24H,5-8H2,1-4H3. The predicted molar refractivity (Wildman–Crippen MR) is 142 cm³/mol. The molecule has 0 saturated carbocycles. The summed E-state index contributed by atoms with van der Waals surface area (Å²) in [6, 6.07) is 37.1. The molecule has 0 bridgehead atoms. The van der Waals surface area contributed by atoms with Crippen LogP contribution in [0.3, 0.4) is 0 Å². The minimum absolute atomic E-state index is 0.364. The molecule has 33 heavy (non-hydrogen) atoms. The van der Waals surface area contributed by atoms with Crippen LogP contribution >= 0.6 is 0 Å². The van der Waals surface area contributed by atoms with Crippen LogP contribution in [0, 0.1) is 0 Å². The monoisotopic (exact) mass is 432 g/mol. The van der Waals surface area contributed by atoms with Crippen LogP contribution in [0.4, 0.5) is 0 Å². The molecule has 4 aromatic carbocycles. The van der Waals surface area contributed by atoms with E-state index in [1.165, 1.54) is 44.5 Å². The summed E-state index contributed by atoms with van der Waals surface area (Å²) < 4.78 is 0. The zero-order chi connectivity index (χ0) is 23.3. The van der Waals surface area contributed by atoms with Crippen LogP contribution in [0.5, 0.6) is 0 Å². The molecule has 4 aromatic rings. The average Bonchev–Trinajstić information content (AvgIpc) is 2.90. The third-order valence-electron chi connectivity index (χ3n) is 7.18. The van der Waals surface area contributed by atoms with Gasteiger partial charge in [0.25, 0.3) is 0 Å². The molecule has 0 aliphatic rings. The summed E-state index contributed by atoms with van der Waals surface area (Å²) in [6.07, 6.45) is 4.20. The molecule has 0 saturated heterocycles. The molecular weight excluding hydrogens is 396 g/mol. The van der Waals surface area contributed by atoms with E-state index in [1.807, 2.05) is 0 Å². The van der Waals surface area contributed by atoms with Crippen LogP contribution in [0.2, 0.25) is 0 Å². The average molecular weight is 433 g/mol. The molecule has 0 amide bonds. The van der Waals surface area contributed by atoms with Gasteiger partial charge in [0.15, 0.2) is 0 Å². The summed E-state index contributed by atoms with van der Waals surface area (Å²) in [5.41, 5.74) is 10.4. The minimum Gasteiger partial charge on any atom is -0.0613 e. The second-order valence-corrected chi connectivity index (χ2v) is 8.95. The third kappa shape index (κ3) is 4.40. The molecule has 0 fully saturated rings. The Hall–Kier alpha value is -3.12. The van der Waals surface area contributed by atoms with Crippen LogP contribution in [0.15, 0.2) is 97.1 Å². The summed E-state index contributed by atoms with van der Waals surface area (Å²) in [5.74, 6) is 0. The first-order valence-corrected chi connectivity index (χ1v) is 12.5. The lowest BCUT2D eigenvalue weighted by Gasteiger charge is -2.37. The maximum Gasteiger partial charge on any atom is 0.0701 e. The molecule has 0 N–H and O–H groups in total. The van der Waals surface area contributed by atoms with Crippen LogP contribution < -0.4 is 0 Å². The lowest BCUT2D eigenvalue weighted by Crippen LogP contribution is -2.31. The highest BCUT2D eigenvalue weighted by Crippen LogP contribution is 2.45. The SMILES string of the molecule is CCc1ccc(C(c2ccc(CC)cc2)(c2ccc(CC)cc2)c2ccc(CC)cc2)cc1. The Morgan fingerprint density at radius 1 is 0.333 bits per heavy atom. The summed E-state index contributed by atoms with van der Waals surface area (Å²) >= 11 is 0. The quantitative estimate of drug-likeness (QED) is 0.246. The van der Waals surface area contributed by atoms with E-state index in [2.05, 4.69) is 125 Å². The normalized spacial score (nSPS) is 11.5. The fourth-order valence-electron chi connectivity index (χ4n) is 4.96. The molecule has 0 unspecified atom stereocenters. The van der Waals surface area contributed by atoms with Crippen molar-refractivity contribution in [2.45, 2.75) is 58.8 Å². The number of aryl methyl sites for hydroxylation is 4. The molecule has 0 aromatic heterocycles. The molecule has 0 aliphatic carbocycles. The van der Waals surface area contributed by atoms with Gasteiger partial charge in [0.2, 0.25) is 0 Å². The van der Waals surface area contributed by atoms with Crippen molar-refractivity contribution in [3.05, 3.63) is 142 Å². The minimum atomic E-state index is -0.364. The van der Waals surface area contributed by atoms with Crippen LogP contribution in [-0.2, 0) is 31.1 Å². The Bertz CT molecular complexity index is 949. The van der Waals surface area contributed by atoms with Crippen molar-refractivity contribution in [2.75, 3.05) is 0 Å². The van der Waals surface area contributed by atoms with Crippen molar-refractivity contribution in [1.29, 1.82) is 0 Å². The van der Waals surface area contributed by atoms with E-state index in [4.69, 9.17) is 0 Å². The number of rotatable bonds is 8. The number of hydrogen-bond donors (Lipinski definition) is 0. The zero-order valence-corrected chi connectivity index (χ0v) is 20.6. The molecule has 0 aliphatic heterocycles. The highest BCUT2D eigenvalue weighted by Gasteiger charge is 2.38. The Balaban J connectivity index is 2.05. The molecule has 0 atom stereocenters. The molecule has 0 radical (unpaired) electrons. The van der Waals surface area contributed by atoms with Gasteiger partial charge < -0.3 is 0 Å². The van der Waals surface area contributed by atoms with E-state index in [0.29, 0.717) is 0 Å². The highest BCUT2D eigenvalue weighted by molar-refractivity contribution is 5.60. The largest absolute Gasteiger partial charge is 0.0701 e. The van der Waals surface area contributed by atoms with E-state index in [0.717, 1.165) is 25.7 Å². The van der Waals surface area contributed by atoms with E-state index in [-0.39, 0.29) is 5.41 Å². The fraction of sp³-hybridized carbons (Fsp3) is 0.273. The summed E-state index contributed by atoms with van der Waals surface area (Å²) in [5, 5.41) is 0. The second kappa shape index (κ2) is 10.2. The molecular formula is C33H36. The van der Waals surface area contributed by atoms with E-state index in [1.54, 1.807) is 0 Å². The Labute approximate surface area is 200 Å². The van der Waals surface area contributed by atoms with E-state index >= 15 is 0 Å². The Kier molecular flexibility index (Phi) is 7.14. The number of benzene rings is 4. The van der Waals surface area contributed by atoms with Gasteiger partial charge in [0, 0.05) is 0 Å². The Morgan fingerprint density at radius 3 is 0.667 bits per heavy atom. The Morgan fingerprint density at radius 2 is 0.515 bits per heavy atom. The molecule has 168 valence electrons. The van der Waals surface area contributed by atoms with Gasteiger partial charge in [-0.2, -0.15) is 0 Å². The fourth-order valence-corrected chi connectivity index (χ4v) is 4.96. The van der Waals surface area contributed by atoms with Crippen molar-refractivity contribution in [3.8, 4) is 0 Å². The van der Waals surface area contributed by atoms with Crippen LogP contribution in [-0.4, -0.2) is 0 Å². The first-order valence-electron chi connectivity index (χ1n) is 12.5. The van der Waals surface area contributed by atoms with Gasteiger partial charge in [-0.05, 0) is 70.2 Å². The van der Waals surface area contributed by atoms with Gasteiger partial charge >= 0.3 is 0 Å². The molecule has 0 heteroatoms. The molecule has 4 rings (SSSR count). The van der Waals surface area contributed by atoms with Gasteiger partial charge in [-0.3, -0.25) is 0 Å². The van der Waals surface area contributed by atoms with Crippen LogP contribution in [0.25, 0.3) is 0 Å². The van der Waals surface area contributed by atoms with Gasteiger partial charge in [-0.15, -0.1) is 0 Å². The van der Waals surface area contributed by atoms with Gasteiger partial charge in [0.05, 0.1) is 5.41 Å². The third-order valence-corrected chi connectivity index (χ3v) is 7.18. The lowest BCUT2D eigenvalue weighted by atomic mass is 9.64. The first kappa shape index (κ1) is 23.1. The highest BCUT2D eigenvalue weighted by atomic mass is 14.4. The molecule has 0 spiro atoms. The lowest BCUT2D eigenvalue weighted by molar-refractivity contribution is 0.742. The second-order valence-electron chi connectivity index (χ2n) is 8.95. The van der Waals surface area contributed by atoms with Crippen molar-refractivity contribution in [2.24, 2.45) is 0 Å². The summed E-state index contributed by atoms with van der Waals surface area (Å²) in [7, 11) is 0. The summed E-state index contributed by atoms with van der Waals surface area (Å²) in [6.45, 7) is 8.88.